The molecule has 0 spiro atoms. The maximum Gasteiger partial charge on any atom is 0.428 e. The Morgan fingerprint density at radius 3 is 2.43 bits per heavy atom. The normalized spacial score (nSPS) is 14.1. The third-order valence-corrected chi connectivity index (χ3v) is 1.98. The Balaban J connectivity index is 2.39. The van der Waals surface area contributed by atoms with Crippen LogP contribution in [0.5, 0.6) is 0 Å². The Morgan fingerprint density at radius 2 is 1.86 bits per heavy atom. The maximum absolute atomic E-state index is 8.46. The zero-order chi connectivity index (χ0) is 9.97. The second-order valence-corrected chi connectivity index (χ2v) is 3.05. The van der Waals surface area contributed by atoms with Crippen molar-refractivity contribution in [2.75, 3.05) is 0 Å². The number of hydrogen-bond acceptors (Lipinski definition) is 1. The predicted molar refractivity (Wildman–Crippen MR) is 52.6 cm³/mol. The van der Waals surface area contributed by atoms with Crippen LogP contribution in [-0.2, 0) is 0 Å². The average Bonchev–Trinajstić information content (AvgIpc) is 2.67. The van der Waals surface area contributed by atoms with E-state index in [1.54, 1.807) is 6.08 Å². The highest BCUT2D eigenvalue weighted by Crippen LogP contribution is 2.20. The van der Waals surface area contributed by atoms with Crippen molar-refractivity contribution in [2.45, 2.75) is 6.92 Å². The van der Waals surface area contributed by atoms with Crippen LogP contribution in [0.3, 0.4) is 0 Å². The fraction of sp³-hybridized carbons (Fsp3) is 0.100. The lowest BCUT2D eigenvalue weighted by atomic mass is 10.1. The average molecular weight is 184 g/mol. The smallest absolute Gasteiger partial charge is 0.428 e. The number of azo groups is 1. The molecule has 0 atom stereocenters. The van der Waals surface area contributed by atoms with Crippen LogP contribution in [0.25, 0.3) is 11.2 Å². The molecule has 0 amide bonds. The van der Waals surface area contributed by atoms with Crippen LogP contribution in [0.4, 0.5) is 0 Å². The van der Waals surface area contributed by atoms with Gasteiger partial charge >= 0.3 is 5.84 Å². The predicted octanol–water partition coefficient (Wildman–Crippen LogP) is 2.43. The highest BCUT2D eigenvalue weighted by atomic mass is 15.2. The van der Waals surface area contributed by atoms with Gasteiger partial charge in [0.1, 0.15) is 5.70 Å². The Kier molecular flexibility index (Phi) is 2.05. The molecule has 0 aliphatic carbocycles. The first-order valence-corrected chi connectivity index (χ1v) is 4.22. The quantitative estimate of drug-likeness (QED) is 0.475. The molecule has 4 nitrogen and oxygen atoms in total. The summed E-state index contributed by atoms with van der Waals surface area (Å²) in [5, 5.41) is 7.55. The van der Waals surface area contributed by atoms with E-state index in [-0.39, 0.29) is 5.84 Å². The first-order valence-electron chi connectivity index (χ1n) is 4.22. The van der Waals surface area contributed by atoms with Crippen molar-refractivity contribution in [3.05, 3.63) is 47.0 Å². The van der Waals surface area contributed by atoms with Crippen LogP contribution in [0, 0.1) is 6.92 Å². The highest BCUT2D eigenvalue weighted by molar-refractivity contribution is 5.98. The molecule has 0 unspecified atom stereocenters. The maximum atomic E-state index is 8.46. The largest absolute Gasteiger partial charge is 0.497 e. The lowest BCUT2D eigenvalue weighted by Gasteiger charge is -1.95. The third-order valence-electron chi connectivity index (χ3n) is 1.98. The zero-order valence-corrected chi connectivity index (χ0v) is 7.68. The van der Waals surface area contributed by atoms with Crippen LogP contribution < -0.4 is 0 Å². The van der Waals surface area contributed by atoms with Gasteiger partial charge in [-0.05, 0) is 12.0 Å². The summed E-state index contributed by atoms with van der Waals surface area (Å²) in [7, 11) is 0. The van der Waals surface area contributed by atoms with E-state index >= 15 is 0 Å². The van der Waals surface area contributed by atoms with Gasteiger partial charge < -0.3 is 10.3 Å². The molecule has 1 aromatic carbocycles. The molecule has 0 saturated heterocycles. The van der Waals surface area contributed by atoms with E-state index in [9.17, 15) is 0 Å². The second-order valence-electron chi connectivity index (χ2n) is 3.05. The van der Waals surface area contributed by atoms with E-state index in [1.165, 1.54) is 5.56 Å². The van der Waals surface area contributed by atoms with Gasteiger partial charge in [-0.2, -0.15) is 0 Å². The molecule has 0 aromatic heterocycles. The summed E-state index contributed by atoms with van der Waals surface area (Å²) in [5.41, 5.74) is 11.3. The van der Waals surface area contributed by atoms with Crippen molar-refractivity contribution in [1.82, 2.24) is 0 Å². The molecule has 1 aromatic rings. The molecule has 1 heterocycles. The minimum absolute atomic E-state index is 0.237. The van der Waals surface area contributed by atoms with E-state index in [0.717, 1.165) is 11.3 Å². The SMILES string of the molecule is Cc1ccc(C2=CC(=[N+]=[N-])N=N2)cc1. The molecule has 68 valence electrons. The second kappa shape index (κ2) is 3.36. The summed E-state index contributed by atoms with van der Waals surface area (Å²) in [6.07, 6.45) is 1.63. The van der Waals surface area contributed by atoms with E-state index < -0.39 is 0 Å². The molecule has 0 N–H and O–H groups in total. The van der Waals surface area contributed by atoms with Gasteiger partial charge in [0.25, 0.3) is 0 Å². The summed E-state index contributed by atoms with van der Waals surface area (Å²) in [6, 6.07) is 7.92. The van der Waals surface area contributed by atoms with Crippen molar-refractivity contribution in [3.8, 4) is 0 Å². The summed E-state index contributed by atoms with van der Waals surface area (Å²) >= 11 is 0. The van der Waals surface area contributed by atoms with E-state index in [4.69, 9.17) is 5.53 Å². The molecule has 1 aliphatic heterocycles. The fourth-order valence-corrected chi connectivity index (χ4v) is 1.20. The van der Waals surface area contributed by atoms with Gasteiger partial charge in [-0.15, -0.1) is 0 Å². The minimum atomic E-state index is 0.237. The number of hydrogen-bond donors (Lipinski definition) is 0. The number of aryl methyl sites for hydroxylation is 1. The molecule has 0 bridgehead atoms. The lowest BCUT2D eigenvalue weighted by molar-refractivity contribution is -0.00490. The molecule has 1 aliphatic rings. The van der Waals surface area contributed by atoms with Gasteiger partial charge in [-0.1, -0.05) is 29.8 Å². The fourth-order valence-electron chi connectivity index (χ4n) is 1.20. The number of amidine groups is 1. The van der Waals surface area contributed by atoms with E-state index in [1.807, 2.05) is 31.2 Å². The van der Waals surface area contributed by atoms with Crippen LogP contribution in [0.1, 0.15) is 11.1 Å². The standard InChI is InChI=1S/C10H8N4/c1-7-2-4-8(5-3-7)9-6-10(12-11)14-13-9/h2-6H,1H3. The molecule has 4 heteroatoms. The number of rotatable bonds is 1. The Bertz CT molecular complexity index is 461. The summed E-state index contributed by atoms with van der Waals surface area (Å²) in [4.78, 5) is 2.96. The lowest BCUT2D eigenvalue weighted by Crippen LogP contribution is -1.83. The summed E-state index contributed by atoms with van der Waals surface area (Å²) < 4.78 is 0. The number of nitrogens with zero attached hydrogens (tertiary/aromatic N) is 4. The first kappa shape index (κ1) is 8.53. The molecule has 14 heavy (non-hydrogen) atoms. The molecule has 2 rings (SSSR count). The molecule has 0 saturated carbocycles. The van der Waals surface area contributed by atoms with Gasteiger partial charge in [0.05, 0.1) is 11.2 Å². The monoisotopic (exact) mass is 184 g/mol. The number of benzene rings is 1. The van der Waals surface area contributed by atoms with Crippen molar-refractivity contribution < 1.29 is 4.79 Å². The van der Waals surface area contributed by atoms with Crippen LogP contribution >= 0.6 is 0 Å². The van der Waals surface area contributed by atoms with E-state index in [0.29, 0.717) is 0 Å². The third kappa shape index (κ3) is 1.51. The van der Waals surface area contributed by atoms with Gasteiger partial charge in [0.15, 0.2) is 0 Å². The molecular formula is C10H8N4. The summed E-state index contributed by atoms with van der Waals surface area (Å²) in [6.45, 7) is 2.02. The van der Waals surface area contributed by atoms with Crippen molar-refractivity contribution in [2.24, 2.45) is 10.2 Å². The van der Waals surface area contributed by atoms with Gasteiger partial charge in [-0.3, -0.25) is 0 Å². The topological polar surface area (TPSA) is 61.1 Å². The Morgan fingerprint density at radius 1 is 1.14 bits per heavy atom. The molecular weight excluding hydrogens is 176 g/mol. The van der Waals surface area contributed by atoms with Gasteiger partial charge in [0, 0.05) is 5.56 Å². The van der Waals surface area contributed by atoms with Crippen LogP contribution in [-0.4, -0.2) is 10.6 Å². The minimum Gasteiger partial charge on any atom is -0.497 e. The Hall–Kier alpha value is -2.06. The van der Waals surface area contributed by atoms with Gasteiger partial charge in [0.2, 0.25) is 0 Å². The molecule has 0 radical (unpaired) electrons. The Labute approximate surface area is 81.2 Å². The van der Waals surface area contributed by atoms with Crippen molar-refractivity contribution >= 4 is 11.5 Å². The van der Waals surface area contributed by atoms with Crippen LogP contribution in [0.2, 0.25) is 0 Å². The summed E-state index contributed by atoms with van der Waals surface area (Å²) in [5.74, 6) is 0.237. The van der Waals surface area contributed by atoms with Crippen molar-refractivity contribution in [3.63, 3.8) is 0 Å². The first-order chi connectivity index (χ1) is 6.79. The van der Waals surface area contributed by atoms with Gasteiger partial charge in [-0.25, -0.2) is 0 Å². The van der Waals surface area contributed by atoms with Crippen molar-refractivity contribution in [1.29, 1.82) is 0 Å². The van der Waals surface area contributed by atoms with Crippen LogP contribution in [0.15, 0.2) is 40.6 Å². The zero-order valence-electron chi connectivity index (χ0n) is 7.68. The molecule has 0 fully saturated rings. The highest BCUT2D eigenvalue weighted by Gasteiger charge is 2.16. The van der Waals surface area contributed by atoms with E-state index in [2.05, 4.69) is 15.0 Å².